The Morgan fingerprint density at radius 1 is 1.12 bits per heavy atom. The molecule has 0 saturated carbocycles. The molecule has 2 aromatic rings. The summed E-state index contributed by atoms with van der Waals surface area (Å²) in [5.74, 6) is -2.58. The Kier molecular flexibility index (Phi) is 6.29. The Bertz CT molecular complexity index is 1100. The van der Waals surface area contributed by atoms with Crippen molar-refractivity contribution in [3.05, 3.63) is 59.7 Å². The summed E-state index contributed by atoms with van der Waals surface area (Å²) < 4.78 is 45.4. The Morgan fingerprint density at radius 3 is 2.39 bits per heavy atom. The van der Waals surface area contributed by atoms with Gasteiger partial charge < -0.3 is 20.1 Å². The fourth-order valence-electron chi connectivity index (χ4n) is 3.21. The monoisotopic (exact) mass is 465 g/mol. The molecule has 1 fully saturated rings. The number of carbonyl (C=O) groups is 4. The predicted molar refractivity (Wildman–Crippen MR) is 107 cm³/mol. The second-order valence-corrected chi connectivity index (χ2v) is 7.14. The molecular weight excluding hydrogens is 447 g/mol. The minimum Gasteiger partial charge on any atom is -0.465 e. The number of nitrogens with one attached hydrogen (secondary N) is 2. The van der Waals surface area contributed by atoms with Crippen molar-refractivity contribution < 1.29 is 41.8 Å². The van der Waals surface area contributed by atoms with Crippen molar-refractivity contribution in [2.75, 3.05) is 19.0 Å². The van der Waals surface area contributed by atoms with E-state index < -0.39 is 48.0 Å². The molecular formula is C21H18F3N3O6. The van der Waals surface area contributed by atoms with Crippen molar-refractivity contribution in [2.24, 2.45) is 0 Å². The van der Waals surface area contributed by atoms with Gasteiger partial charge in [-0.3, -0.25) is 14.5 Å². The third-order valence-electron chi connectivity index (χ3n) is 4.81. The van der Waals surface area contributed by atoms with E-state index in [0.717, 1.165) is 12.1 Å². The molecule has 2 N–H and O–H groups in total. The number of rotatable bonds is 6. The van der Waals surface area contributed by atoms with Crippen LogP contribution in [0.2, 0.25) is 0 Å². The van der Waals surface area contributed by atoms with Crippen molar-refractivity contribution >= 4 is 29.5 Å². The first kappa shape index (κ1) is 23.6. The summed E-state index contributed by atoms with van der Waals surface area (Å²) in [6.45, 7) is 0.739. The topological polar surface area (TPSA) is 114 Å². The Balaban J connectivity index is 1.71. The molecule has 1 saturated heterocycles. The van der Waals surface area contributed by atoms with Gasteiger partial charge in [0.1, 0.15) is 17.8 Å². The Hall–Kier alpha value is -4.09. The molecule has 0 radical (unpaired) electrons. The molecule has 174 valence electrons. The average molecular weight is 465 g/mol. The molecule has 1 atom stereocenters. The van der Waals surface area contributed by atoms with Crippen molar-refractivity contribution in [1.82, 2.24) is 10.2 Å². The highest BCUT2D eigenvalue weighted by atomic mass is 19.4. The van der Waals surface area contributed by atoms with Crippen LogP contribution < -0.4 is 15.4 Å². The molecule has 1 unspecified atom stereocenters. The molecule has 4 amide bonds. The number of benzene rings is 2. The van der Waals surface area contributed by atoms with Crippen LogP contribution in [0.1, 0.15) is 22.8 Å². The van der Waals surface area contributed by atoms with Gasteiger partial charge in [0.05, 0.1) is 12.7 Å². The number of alkyl halides is 3. The maximum absolute atomic E-state index is 12.9. The normalized spacial score (nSPS) is 18.0. The van der Waals surface area contributed by atoms with Gasteiger partial charge in [0.25, 0.3) is 5.91 Å². The van der Waals surface area contributed by atoms with E-state index >= 15 is 0 Å². The molecule has 0 aromatic heterocycles. The van der Waals surface area contributed by atoms with Gasteiger partial charge in [0.2, 0.25) is 5.91 Å². The number of carbonyl (C=O) groups excluding carboxylic acids is 4. The van der Waals surface area contributed by atoms with Gasteiger partial charge in [-0.25, -0.2) is 9.59 Å². The van der Waals surface area contributed by atoms with Crippen molar-refractivity contribution in [1.29, 1.82) is 0 Å². The van der Waals surface area contributed by atoms with Crippen LogP contribution in [0.4, 0.5) is 23.7 Å². The summed E-state index contributed by atoms with van der Waals surface area (Å²) >= 11 is 0. The smallest absolute Gasteiger partial charge is 0.465 e. The van der Waals surface area contributed by atoms with Crippen molar-refractivity contribution in [2.45, 2.75) is 18.8 Å². The maximum atomic E-state index is 12.9. The number of esters is 1. The SMILES string of the molecule is COC(=O)c1cccc(NC(=O)CN2C(=O)NC(C)(c3ccc(OC(F)(F)F)cc3)C2=O)c1. The third kappa shape index (κ3) is 5.22. The lowest BCUT2D eigenvalue weighted by molar-refractivity contribution is -0.274. The van der Waals surface area contributed by atoms with Gasteiger partial charge in [-0.1, -0.05) is 18.2 Å². The zero-order valence-corrected chi connectivity index (χ0v) is 17.4. The van der Waals surface area contributed by atoms with Crippen LogP contribution in [0, 0.1) is 0 Å². The number of imide groups is 1. The van der Waals surface area contributed by atoms with Crippen LogP contribution in [0.25, 0.3) is 0 Å². The van der Waals surface area contributed by atoms with E-state index in [2.05, 4.69) is 20.1 Å². The molecule has 1 heterocycles. The van der Waals surface area contributed by atoms with Gasteiger partial charge in [-0.05, 0) is 42.8 Å². The quantitative estimate of drug-likeness (QED) is 0.501. The number of hydrogen-bond acceptors (Lipinski definition) is 6. The van der Waals surface area contributed by atoms with Gasteiger partial charge in [-0.2, -0.15) is 0 Å². The largest absolute Gasteiger partial charge is 0.573 e. The van der Waals surface area contributed by atoms with Crippen LogP contribution in [0.5, 0.6) is 5.75 Å². The Labute approximate surface area is 185 Å². The van der Waals surface area contributed by atoms with E-state index in [-0.39, 0.29) is 16.8 Å². The van der Waals surface area contributed by atoms with Crippen LogP contribution in [-0.2, 0) is 19.9 Å². The van der Waals surface area contributed by atoms with Gasteiger partial charge in [0.15, 0.2) is 0 Å². The van der Waals surface area contributed by atoms with Crippen LogP contribution >= 0.6 is 0 Å². The first-order chi connectivity index (χ1) is 15.4. The molecule has 3 rings (SSSR count). The summed E-state index contributed by atoms with van der Waals surface area (Å²) in [5, 5.41) is 4.93. The lowest BCUT2D eigenvalue weighted by Crippen LogP contribution is -2.42. The van der Waals surface area contributed by atoms with Crippen LogP contribution in [0.3, 0.4) is 0 Å². The molecule has 1 aliphatic rings. The number of ether oxygens (including phenoxy) is 2. The van der Waals surface area contributed by atoms with Gasteiger partial charge in [-0.15, -0.1) is 13.2 Å². The summed E-state index contributed by atoms with van der Waals surface area (Å²) in [5.41, 5.74) is -0.961. The standard InChI is InChI=1S/C21H18F3N3O6/c1-20(13-6-8-15(9-7-13)33-21(22,23)24)18(30)27(19(31)26-20)11-16(28)25-14-5-3-4-12(10-14)17(29)32-2/h3-10H,11H2,1-2H3,(H,25,28)(H,26,31). The molecule has 2 aromatic carbocycles. The highest BCUT2D eigenvalue weighted by Gasteiger charge is 2.49. The van der Waals surface area contributed by atoms with E-state index in [1.807, 2.05) is 0 Å². The van der Waals surface area contributed by atoms with Crippen LogP contribution in [0.15, 0.2) is 48.5 Å². The van der Waals surface area contributed by atoms with Gasteiger partial charge >= 0.3 is 18.4 Å². The fourth-order valence-corrected chi connectivity index (χ4v) is 3.21. The molecule has 0 aliphatic carbocycles. The predicted octanol–water partition coefficient (Wildman–Crippen LogP) is 2.78. The van der Waals surface area contributed by atoms with Gasteiger partial charge in [0, 0.05) is 5.69 Å². The first-order valence-corrected chi connectivity index (χ1v) is 9.41. The lowest BCUT2D eigenvalue weighted by Gasteiger charge is -2.22. The summed E-state index contributed by atoms with van der Waals surface area (Å²) in [6.07, 6.45) is -4.87. The summed E-state index contributed by atoms with van der Waals surface area (Å²) in [7, 11) is 1.21. The number of urea groups is 1. The van der Waals surface area contributed by atoms with E-state index in [1.165, 1.54) is 50.4 Å². The van der Waals surface area contributed by atoms with E-state index in [9.17, 15) is 32.3 Å². The number of halogens is 3. The molecule has 9 nitrogen and oxygen atoms in total. The minimum absolute atomic E-state index is 0.191. The first-order valence-electron chi connectivity index (χ1n) is 9.41. The summed E-state index contributed by atoms with van der Waals surface area (Å²) in [4.78, 5) is 50.0. The van der Waals surface area contributed by atoms with Crippen molar-refractivity contribution in [3.63, 3.8) is 0 Å². The molecule has 33 heavy (non-hydrogen) atoms. The van der Waals surface area contributed by atoms with E-state index in [0.29, 0.717) is 4.90 Å². The molecule has 1 aliphatic heterocycles. The summed E-state index contributed by atoms with van der Waals surface area (Å²) in [6, 6.07) is 9.46. The average Bonchev–Trinajstić information content (AvgIpc) is 2.96. The second-order valence-electron chi connectivity index (χ2n) is 7.14. The zero-order valence-electron chi connectivity index (χ0n) is 17.4. The van der Waals surface area contributed by atoms with Crippen molar-refractivity contribution in [3.8, 4) is 5.75 Å². The molecule has 0 bridgehead atoms. The lowest BCUT2D eigenvalue weighted by atomic mass is 9.92. The highest BCUT2D eigenvalue weighted by molar-refractivity contribution is 6.10. The fraction of sp³-hybridized carbons (Fsp3) is 0.238. The third-order valence-corrected chi connectivity index (χ3v) is 4.81. The van der Waals surface area contributed by atoms with E-state index in [1.54, 1.807) is 0 Å². The Morgan fingerprint density at radius 2 is 1.79 bits per heavy atom. The highest BCUT2D eigenvalue weighted by Crippen LogP contribution is 2.31. The zero-order chi connectivity index (χ0) is 24.4. The molecule has 12 heteroatoms. The number of anilines is 1. The van der Waals surface area contributed by atoms with Crippen LogP contribution in [-0.4, -0.2) is 48.7 Å². The number of amides is 4. The minimum atomic E-state index is -4.87. The maximum Gasteiger partial charge on any atom is 0.573 e. The number of methoxy groups -OCH3 is 1. The second kappa shape index (κ2) is 8.81. The molecule has 0 spiro atoms. The van der Waals surface area contributed by atoms with E-state index in [4.69, 9.17) is 0 Å². The number of hydrogen-bond donors (Lipinski definition) is 2. The number of nitrogens with zero attached hydrogens (tertiary/aromatic N) is 1.